The van der Waals surface area contributed by atoms with Gasteiger partial charge in [-0.3, -0.25) is 0 Å². The van der Waals surface area contributed by atoms with Crippen LogP contribution in [0.3, 0.4) is 0 Å². The summed E-state index contributed by atoms with van der Waals surface area (Å²) in [5.74, 6) is 0.393. The van der Waals surface area contributed by atoms with Crippen LogP contribution in [0.5, 0.6) is 0 Å². The van der Waals surface area contributed by atoms with Gasteiger partial charge in [0.2, 0.25) is 0 Å². The van der Waals surface area contributed by atoms with Crippen LogP contribution in [0.15, 0.2) is 73.6 Å². The maximum Gasteiger partial charge on any atom is 0.159 e. The number of aromatic nitrogens is 2. The second kappa shape index (κ2) is 10.6. The zero-order chi connectivity index (χ0) is 21.3. The van der Waals surface area contributed by atoms with E-state index in [1.165, 1.54) is 0 Å². The Bertz CT molecular complexity index is 993. The smallest absolute Gasteiger partial charge is 0.159 e. The molecule has 0 spiro atoms. The van der Waals surface area contributed by atoms with Gasteiger partial charge in [0.05, 0.1) is 6.10 Å². The molecule has 2 aromatic carbocycles. The molecule has 3 aromatic rings. The van der Waals surface area contributed by atoms with E-state index in [0.717, 1.165) is 47.9 Å². The van der Waals surface area contributed by atoms with Crippen LogP contribution < -0.4 is 0 Å². The highest BCUT2D eigenvalue weighted by atomic mass is 19.1. The van der Waals surface area contributed by atoms with Crippen LogP contribution in [0, 0.1) is 5.82 Å². The topological polar surface area (TPSA) is 46.0 Å². The minimum absolute atomic E-state index is 0.251. The number of rotatable bonds is 9. The molecule has 0 aliphatic carbocycles. The largest absolute Gasteiger partial charge is 0.393 e. The van der Waals surface area contributed by atoms with Crippen molar-refractivity contribution in [3.8, 4) is 22.5 Å². The third kappa shape index (κ3) is 5.94. The zero-order valence-corrected chi connectivity index (χ0v) is 17.3. The second-order valence-corrected chi connectivity index (χ2v) is 7.41. The second-order valence-electron chi connectivity index (χ2n) is 7.41. The summed E-state index contributed by atoms with van der Waals surface area (Å²) in [6.07, 6.45) is 12.4. The lowest BCUT2D eigenvalue weighted by Crippen LogP contribution is -1.97. The number of nitrogens with zero attached hydrogens (tertiary/aromatic N) is 2. The predicted molar refractivity (Wildman–Crippen MR) is 121 cm³/mol. The highest BCUT2D eigenvalue weighted by Gasteiger charge is 2.07. The van der Waals surface area contributed by atoms with E-state index in [2.05, 4.69) is 16.5 Å². The Balaban J connectivity index is 1.68. The Morgan fingerprint density at radius 2 is 1.77 bits per heavy atom. The van der Waals surface area contributed by atoms with Gasteiger partial charge in [-0.1, -0.05) is 54.6 Å². The van der Waals surface area contributed by atoms with Crippen LogP contribution in [0.25, 0.3) is 28.6 Å². The number of benzene rings is 2. The monoisotopic (exact) mass is 402 g/mol. The Morgan fingerprint density at radius 3 is 2.40 bits per heavy atom. The predicted octanol–water partition coefficient (Wildman–Crippen LogP) is 6.24. The van der Waals surface area contributed by atoms with E-state index in [1.807, 2.05) is 48.6 Å². The summed E-state index contributed by atoms with van der Waals surface area (Å²) in [7, 11) is 0. The molecule has 1 aromatic heterocycles. The van der Waals surface area contributed by atoms with E-state index in [9.17, 15) is 9.50 Å². The van der Waals surface area contributed by atoms with Crippen LogP contribution in [0.2, 0.25) is 0 Å². The summed E-state index contributed by atoms with van der Waals surface area (Å²) >= 11 is 0. The first-order valence-corrected chi connectivity index (χ1v) is 10.2. The average molecular weight is 403 g/mol. The summed E-state index contributed by atoms with van der Waals surface area (Å²) in [4.78, 5) is 8.79. The number of aliphatic hydroxyl groups excluding tert-OH is 1. The zero-order valence-electron chi connectivity index (χ0n) is 17.3. The van der Waals surface area contributed by atoms with Gasteiger partial charge >= 0.3 is 0 Å². The van der Waals surface area contributed by atoms with Gasteiger partial charge < -0.3 is 5.11 Å². The van der Waals surface area contributed by atoms with Gasteiger partial charge in [-0.25, -0.2) is 14.4 Å². The van der Waals surface area contributed by atoms with Gasteiger partial charge in [0.1, 0.15) is 5.82 Å². The number of hydrogen-bond acceptors (Lipinski definition) is 3. The van der Waals surface area contributed by atoms with Crippen molar-refractivity contribution < 1.29 is 9.50 Å². The van der Waals surface area contributed by atoms with Crippen LogP contribution in [0.1, 0.15) is 37.3 Å². The van der Waals surface area contributed by atoms with E-state index in [0.29, 0.717) is 11.4 Å². The van der Waals surface area contributed by atoms with E-state index in [4.69, 9.17) is 0 Å². The van der Waals surface area contributed by atoms with Gasteiger partial charge in [0.15, 0.2) is 5.82 Å². The van der Waals surface area contributed by atoms with Crippen molar-refractivity contribution in [1.29, 1.82) is 0 Å². The van der Waals surface area contributed by atoms with Gasteiger partial charge in [-0.2, -0.15) is 0 Å². The molecule has 0 bridgehead atoms. The molecule has 0 radical (unpaired) electrons. The molecule has 3 nitrogen and oxygen atoms in total. The standard InChI is InChI=1S/C26H27FN2O/c1-3-7-21-17-28-26(29-18-21)23-13-11-22(12-14-23)24-15-10-20(16-25(24)27)9-6-4-5-8-19(2)30/h3,6,9-19,30H,1,4-5,7-8H2,2H3. The number of allylic oxidation sites excluding steroid dienone is 2. The van der Waals surface area contributed by atoms with E-state index < -0.39 is 0 Å². The molecule has 1 heterocycles. The third-order valence-electron chi connectivity index (χ3n) is 4.84. The van der Waals surface area contributed by atoms with Crippen molar-refractivity contribution >= 4 is 6.08 Å². The first kappa shape index (κ1) is 21.6. The lowest BCUT2D eigenvalue weighted by Gasteiger charge is -2.07. The van der Waals surface area contributed by atoms with Crippen molar-refractivity contribution in [2.45, 2.75) is 38.7 Å². The minimum Gasteiger partial charge on any atom is -0.393 e. The Morgan fingerprint density at radius 1 is 1.07 bits per heavy atom. The fraction of sp³-hybridized carbons (Fsp3) is 0.231. The summed E-state index contributed by atoms with van der Waals surface area (Å²) in [6, 6.07) is 12.9. The SMILES string of the molecule is C=CCc1cnc(-c2ccc(-c3ccc(C=CCCCC(C)O)cc3F)cc2)nc1. The summed E-state index contributed by atoms with van der Waals surface area (Å²) in [5.41, 5.74) is 4.12. The minimum atomic E-state index is -0.273. The number of aliphatic hydroxyl groups is 1. The highest BCUT2D eigenvalue weighted by molar-refractivity contribution is 5.69. The van der Waals surface area contributed by atoms with Crippen LogP contribution in [-0.4, -0.2) is 21.2 Å². The highest BCUT2D eigenvalue weighted by Crippen LogP contribution is 2.26. The average Bonchev–Trinajstić information content (AvgIpc) is 2.74. The van der Waals surface area contributed by atoms with Crippen LogP contribution in [0.4, 0.5) is 4.39 Å². The molecule has 3 rings (SSSR count). The molecule has 4 heteroatoms. The van der Waals surface area contributed by atoms with Crippen LogP contribution >= 0.6 is 0 Å². The van der Waals surface area contributed by atoms with Crippen molar-refractivity contribution in [3.63, 3.8) is 0 Å². The van der Waals surface area contributed by atoms with Crippen molar-refractivity contribution in [2.75, 3.05) is 0 Å². The maximum absolute atomic E-state index is 14.7. The molecule has 154 valence electrons. The molecular weight excluding hydrogens is 375 g/mol. The quantitative estimate of drug-likeness (QED) is 0.340. The van der Waals surface area contributed by atoms with E-state index in [1.54, 1.807) is 31.5 Å². The Labute approximate surface area is 177 Å². The number of hydrogen-bond donors (Lipinski definition) is 1. The number of unbranched alkanes of at least 4 members (excludes halogenated alkanes) is 1. The molecule has 1 atom stereocenters. The lowest BCUT2D eigenvalue weighted by atomic mass is 10.0. The summed E-state index contributed by atoms with van der Waals surface area (Å²) in [6.45, 7) is 5.51. The third-order valence-corrected chi connectivity index (χ3v) is 4.84. The fourth-order valence-corrected chi connectivity index (χ4v) is 3.19. The molecule has 0 saturated carbocycles. The van der Waals surface area contributed by atoms with Gasteiger partial charge in [-0.15, -0.1) is 6.58 Å². The molecule has 0 aliphatic heterocycles. The molecular formula is C26H27FN2O. The Kier molecular flexibility index (Phi) is 7.63. The molecule has 0 amide bonds. The Hall–Kier alpha value is -3.11. The van der Waals surface area contributed by atoms with Gasteiger partial charge in [0.25, 0.3) is 0 Å². The van der Waals surface area contributed by atoms with Gasteiger partial charge in [-0.05, 0) is 55.4 Å². The van der Waals surface area contributed by atoms with Crippen molar-refractivity contribution in [1.82, 2.24) is 9.97 Å². The van der Waals surface area contributed by atoms with E-state index in [-0.39, 0.29) is 11.9 Å². The molecule has 30 heavy (non-hydrogen) atoms. The fourth-order valence-electron chi connectivity index (χ4n) is 3.19. The van der Waals surface area contributed by atoms with Crippen LogP contribution in [-0.2, 0) is 6.42 Å². The normalized spacial score (nSPS) is 12.2. The van der Waals surface area contributed by atoms with Crippen molar-refractivity contribution in [2.24, 2.45) is 0 Å². The molecule has 1 unspecified atom stereocenters. The first-order chi connectivity index (χ1) is 14.6. The van der Waals surface area contributed by atoms with Gasteiger partial charge in [0, 0.05) is 23.5 Å². The molecule has 1 N–H and O–H groups in total. The first-order valence-electron chi connectivity index (χ1n) is 10.2. The van der Waals surface area contributed by atoms with E-state index >= 15 is 0 Å². The molecule has 0 saturated heterocycles. The van der Waals surface area contributed by atoms with Crippen molar-refractivity contribution in [3.05, 3.63) is 90.5 Å². The number of halogens is 1. The molecule has 0 aliphatic rings. The molecule has 0 fully saturated rings. The summed E-state index contributed by atoms with van der Waals surface area (Å²) in [5, 5.41) is 9.27. The lowest BCUT2D eigenvalue weighted by molar-refractivity contribution is 0.182. The summed E-state index contributed by atoms with van der Waals surface area (Å²) < 4.78 is 14.7. The maximum atomic E-state index is 14.7.